The lowest BCUT2D eigenvalue weighted by Gasteiger charge is -2.09. The number of likely N-dealkylation sites (N-methyl/N-ethyl adjacent to an activating group) is 1. The molecule has 1 aliphatic rings. The van der Waals surface area contributed by atoms with Crippen LogP contribution in [-0.4, -0.2) is 27.2 Å². The largest absolute Gasteiger partial charge is 0.324 e. The molecule has 1 amide bonds. The van der Waals surface area contributed by atoms with Crippen LogP contribution < -0.4 is 10.6 Å². The van der Waals surface area contributed by atoms with Gasteiger partial charge in [-0.1, -0.05) is 13.0 Å². The van der Waals surface area contributed by atoms with Gasteiger partial charge in [-0.05, 0) is 30.4 Å². The number of hydrogen-bond donors (Lipinski definition) is 2. The van der Waals surface area contributed by atoms with Crippen molar-refractivity contribution in [2.45, 2.75) is 23.0 Å². The molecule has 0 aliphatic carbocycles. The van der Waals surface area contributed by atoms with Gasteiger partial charge in [-0.25, -0.2) is 0 Å². The Morgan fingerprint density at radius 3 is 3.05 bits per heavy atom. The molecular formula is C13H15N5OS. The molecule has 0 radical (unpaired) electrons. The maximum absolute atomic E-state index is 11.9. The molecule has 0 spiro atoms. The Hall–Kier alpha value is -1.86. The van der Waals surface area contributed by atoms with E-state index in [1.807, 2.05) is 36.7 Å². The number of aromatic nitrogens is 3. The van der Waals surface area contributed by atoms with E-state index in [0.717, 1.165) is 27.8 Å². The number of aryl methyl sites for hydroxylation is 1. The fourth-order valence-corrected chi connectivity index (χ4v) is 2.98. The lowest BCUT2D eigenvalue weighted by Crippen LogP contribution is -2.27. The molecule has 7 heteroatoms. The molecule has 6 nitrogen and oxygen atoms in total. The Morgan fingerprint density at radius 2 is 2.35 bits per heavy atom. The predicted octanol–water partition coefficient (Wildman–Crippen LogP) is 1.57. The maximum atomic E-state index is 11.9. The number of rotatable bonds is 4. The Kier molecular flexibility index (Phi) is 3.45. The molecule has 2 heterocycles. The van der Waals surface area contributed by atoms with E-state index in [0.29, 0.717) is 0 Å². The molecule has 0 fully saturated rings. The third kappa shape index (κ3) is 2.30. The molecular weight excluding hydrogens is 274 g/mol. The fraction of sp³-hybridized carbons (Fsp3) is 0.308. The highest BCUT2D eigenvalue weighted by molar-refractivity contribution is 7.99. The van der Waals surface area contributed by atoms with Gasteiger partial charge in [0, 0.05) is 23.2 Å². The first kappa shape index (κ1) is 13.1. The lowest BCUT2D eigenvalue weighted by atomic mass is 10.1. The highest BCUT2D eigenvalue weighted by Gasteiger charge is 2.29. The Bertz CT molecular complexity index is 654. The number of amides is 1. The van der Waals surface area contributed by atoms with Crippen LogP contribution in [0.2, 0.25) is 0 Å². The first-order valence-corrected chi connectivity index (χ1v) is 7.20. The average Bonchev–Trinajstić information content (AvgIpc) is 2.95. The van der Waals surface area contributed by atoms with Gasteiger partial charge in [0.15, 0.2) is 5.16 Å². The summed E-state index contributed by atoms with van der Waals surface area (Å²) in [5.41, 5.74) is 1.87. The van der Waals surface area contributed by atoms with Crippen LogP contribution in [0.5, 0.6) is 0 Å². The van der Waals surface area contributed by atoms with E-state index in [-0.39, 0.29) is 11.9 Å². The van der Waals surface area contributed by atoms with E-state index in [1.54, 1.807) is 6.33 Å². The third-order valence-electron chi connectivity index (χ3n) is 3.14. The quantitative estimate of drug-likeness (QED) is 0.894. The summed E-state index contributed by atoms with van der Waals surface area (Å²) in [6.07, 6.45) is 1.67. The topological polar surface area (TPSA) is 71.8 Å². The van der Waals surface area contributed by atoms with Gasteiger partial charge in [0.1, 0.15) is 12.4 Å². The number of anilines is 1. The van der Waals surface area contributed by atoms with Gasteiger partial charge >= 0.3 is 0 Å². The number of nitrogens with one attached hydrogen (secondary N) is 2. The van der Waals surface area contributed by atoms with Gasteiger partial charge in [-0.15, -0.1) is 10.2 Å². The van der Waals surface area contributed by atoms with Crippen LogP contribution in [0.4, 0.5) is 5.69 Å². The molecule has 0 saturated heterocycles. The average molecular weight is 289 g/mol. The van der Waals surface area contributed by atoms with Crippen molar-refractivity contribution in [1.29, 1.82) is 0 Å². The summed E-state index contributed by atoms with van der Waals surface area (Å²) in [5, 5.41) is 14.8. The summed E-state index contributed by atoms with van der Waals surface area (Å²) >= 11 is 1.52. The number of fused-ring (bicyclic) bond motifs is 1. The highest BCUT2D eigenvalue weighted by atomic mass is 32.2. The second kappa shape index (κ2) is 5.26. The number of hydrogen-bond acceptors (Lipinski definition) is 5. The summed E-state index contributed by atoms with van der Waals surface area (Å²) in [5.74, 6) is 0.00246. The third-order valence-corrected chi connectivity index (χ3v) is 4.18. The van der Waals surface area contributed by atoms with E-state index in [4.69, 9.17) is 0 Å². The van der Waals surface area contributed by atoms with Gasteiger partial charge in [-0.2, -0.15) is 0 Å². The SMILES string of the molecule is CCNC1C(=O)Nc2cc(Sc3nncn3C)ccc21. The second-order valence-corrected chi connectivity index (χ2v) is 5.60. The van der Waals surface area contributed by atoms with Gasteiger partial charge < -0.3 is 15.2 Å². The van der Waals surface area contributed by atoms with E-state index in [2.05, 4.69) is 20.8 Å². The smallest absolute Gasteiger partial charge is 0.246 e. The number of benzene rings is 1. The van der Waals surface area contributed by atoms with Crippen molar-refractivity contribution < 1.29 is 4.79 Å². The summed E-state index contributed by atoms with van der Waals surface area (Å²) in [6.45, 7) is 2.75. The molecule has 20 heavy (non-hydrogen) atoms. The van der Waals surface area contributed by atoms with Crippen molar-refractivity contribution in [3.8, 4) is 0 Å². The normalized spacial score (nSPS) is 17.1. The molecule has 2 aromatic rings. The zero-order valence-electron chi connectivity index (χ0n) is 11.3. The highest BCUT2D eigenvalue weighted by Crippen LogP contribution is 2.35. The maximum Gasteiger partial charge on any atom is 0.246 e. The van der Waals surface area contributed by atoms with Gasteiger partial charge in [0.05, 0.1) is 0 Å². The van der Waals surface area contributed by atoms with E-state index < -0.39 is 0 Å². The molecule has 104 valence electrons. The van der Waals surface area contributed by atoms with Crippen molar-refractivity contribution >= 4 is 23.4 Å². The van der Waals surface area contributed by atoms with Crippen molar-refractivity contribution in [3.05, 3.63) is 30.1 Å². The molecule has 0 saturated carbocycles. The first-order valence-electron chi connectivity index (χ1n) is 6.39. The van der Waals surface area contributed by atoms with Crippen LogP contribution >= 0.6 is 11.8 Å². The standard InChI is InChI=1S/C13H15N5OS/c1-3-14-11-9-5-4-8(6-10(9)16-12(11)19)20-13-17-15-7-18(13)2/h4-7,11,14H,3H2,1-2H3,(H,16,19). The van der Waals surface area contributed by atoms with Crippen LogP contribution in [0.25, 0.3) is 0 Å². The minimum absolute atomic E-state index is 0.00246. The van der Waals surface area contributed by atoms with Crippen LogP contribution in [0.15, 0.2) is 34.6 Å². The molecule has 1 aromatic carbocycles. The van der Waals surface area contributed by atoms with Crippen LogP contribution in [0, 0.1) is 0 Å². The summed E-state index contributed by atoms with van der Waals surface area (Å²) in [7, 11) is 1.90. The van der Waals surface area contributed by atoms with Crippen LogP contribution in [-0.2, 0) is 11.8 Å². The number of carbonyl (C=O) groups excluding carboxylic acids is 1. The Labute approximate surface area is 121 Å². The zero-order valence-corrected chi connectivity index (χ0v) is 12.1. The lowest BCUT2D eigenvalue weighted by molar-refractivity contribution is -0.117. The van der Waals surface area contributed by atoms with Crippen molar-refractivity contribution in [1.82, 2.24) is 20.1 Å². The van der Waals surface area contributed by atoms with Gasteiger partial charge in [0.25, 0.3) is 0 Å². The molecule has 0 bridgehead atoms. The summed E-state index contributed by atoms with van der Waals surface area (Å²) in [6, 6.07) is 5.72. The monoisotopic (exact) mass is 289 g/mol. The minimum Gasteiger partial charge on any atom is -0.324 e. The number of nitrogens with zero attached hydrogens (tertiary/aromatic N) is 3. The van der Waals surface area contributed by atoms with Gasteiger partial charge in [0.2, 0.25) is 5.91 Å². The van der Waals surface area contributed by atoms with E-state index >= 15 is 0 Å². The van der Waals surface area contributed by atoms with E-state index in [9.17, 15) is 4.79 Å². The molecule has 2 N–H and O–H groups in total. The Balaban J connectivity index is 1.86. The van der Waals surface area contributed by atoms with Crippen LogP contribution in [0.3, 0.4) is 0 Å². The first-order chi connectivity index (χ1) is 9.69. The fourth-order valence-electron chi connectivity index (χ4n) is 2.18. The number of carbonyl (C=O) groups is 1. The molecule has 3 rings (SSSR count). The molecule has 1 aromatic heterocycles. The summed E-state index contributed by atoms with van der Waals surface area (Å²) < 4.78 is 1.86. The second-order valence-electron chi connectivity index (χ2n) is 4.56. The zero-order chi connectivity index (χ0) is 14.1. The Morgan fingerprint density at radius 1 is 1.50 bits per heavy atom. The minimum atomic E-state index is -0.246. The molecule has 1 aliphatic heterocycles. The molecule has 1 unspecified atom stereocenters. The van der Waals surface area contributed by atoms with Crippen molar-refractivity contribution in [2.75, 3.05) is 11.9 Å². The molecule has 1 atom stereocenters. The van der Waals surface area contributed by atoms with E-state index in [1.165, 1.54) is 11.8 Å². The van der Waals surface area contributed by atoms with Crippen LogP contribution in [0.1, 0.15) is 18.5 Å². The van der Waals surface area contributed by atoms with Gasteiger partial charge in [-0.3, -0.25) is 4.79 Å². The van der Waals surface area contributed by atoms with Crippen molar-refractivity contribution in [2.24, 2.45) is 7.05 Å². The van der Waals surface area contributed by atoms with Crippen molar-refractivity contribution in [3.63, 3.8) is 0 Å². The summed E-state index contributed by atoms with van der Waals surface area (Å²) in [4.78, 5) is 12.9. The predicted molar refractivity (Wildman–Crippen MR) is 76.6 cm³/mol.